The Morgan fingerprint density at radius 2 is 1.64 bits per heavy atom. The van der Waals surface area contributed by atoms with Crippen molar-refractivity contribution >= 4 is 44.9 Å². The van der Waals surface area contributed by atoms with Crippen molar-refractivity contribution in [3.63, 3.8) is 0 Å². The fourth-order valence-electron chi connectivity index (χ4n) is 5.81. The summed E-state index contributed by atoms with van der Waals surface area (Å²) in [5.74, 6) is 1.98. The van der Waals surface area contributed by atoms with Crippen molar-refractivity contribution in [1.82, 2.24) is 19.9 Å². The molecule has 4 heterocycles. The molecule has 0 spiro atoms. The fourth-order valence-corrected chi connectivity index (χ4v) is 6.41. The molecule has 6 rings (SSSR count). The molecule has 13 heteroatoms. The van der Waals surface area contributed by atoms with E-state index < -0.39 is 16.6 Å². The summed E-state index contributed by atoms with van der Waals surface area (Å²) in [6.07, 6.45) is 3.22. The Morgan fingerprint density at radius 3 is 2.21 bits per heavy atom. The molecule has 0 saturated carbocycles. The predicted molar refractivity (Wildman–Crippen MR) is 181 cm³/mol. The molecule has 0 radical (unpaired) electrons. The van der Waals surface area contributed by atoms with E-state index in [1.165, 1.54) is 6.26 Å². The van der Waals surface area contributed by atoms with Crippen LogP contribution in [-0.4, -0.2) is 57.3 Å². The number of aromatic nitrogens is 4. The molecule has 0 fully saturated rings. The molecule has 0 N–H and O–H groups in total. The minimum absolute atomic E-state index is 0.0158. The minimum Gasteiger partial charge on any atom is -0.497 e. The second-order valence-corrected chi connectivity index (χ2v) is 12.9. The van der Waals surface area contributed by atoms with Gasteiger partial charge in [-0.15, -0.1) is 0 Å². The highest BCUT2D eigenvalue weighted by Gasteiger charge is 2.34. The summed E-state index contributed by atoms with van der Waals surface area (Å²) in [5.41, 5.74) is 2.95. The van der Waals surface area contributed by atoms with Crippen LogP contribution in [0, 0.1) is 5.82 Å². The molecule has 0 aliphatic carbocycles. The molecule has 0 saturated heterocycles. The quantitative estimate of drug-likeness (QED) is 0.120. The third-order valence-corrected chi connectivity index (χ3v) is 9.11. The van der Waals surface area contributed by atoms with E-state index in [-0.39, 0.29) is 45.8 Å². The lowest BCUT2D eigenvalue weighted by atomic mass is 10.0. The molecular formula is C34H34ClFN6O4S. The summed E-state index contributed by atoms with van der Waals surface area (Å²) in [5, 5.41) is -0.115. The molecule has 1 unspecified atom stereocenters. The maximum atomic E-state index is 15.4. The third-order valence-electron chi connectivity index (χ3n) is 8.16. The molecule has 47 heavy (non-hydrogen) atoms. The lowest BCUT2D eigenvalue weighted by Gasteiger charge is -2.37. The SMILES string of the molecule is COc1ccc(CN(Cc2ccc(OC)cc2)c2ncccc2[C@@H](C)N2c3nc(S(C)=O)nc4c(F)c(Cl)nc(c34)OC[C@@H]2C)cc1. The molecule has 3 atom stereocenters. The van der Waals surface area contributed by atoms with E-state index in [0.717, 1.165) is 34.0 Å². The summed E-state index contributed by atoms with van der Waals surface area (Å²) >= 11 is 6.14. The Labute approximate surface area is 280 Å². The van der Waals surface area contributed by atoms with Crippen molar-refractivity contribution in [2.24, 2.45) is 0 Å². The van der Waals surface area contributed by atoms with Gasteiger partial charge in [-0.25, -0.2) is 19.3 Å². The number of rotatable bonds is 10. The Morgan fingerprint density at radius 1 is 1.02 bits per heavy atom. The highest BCUT2D eigenvalue weighted by atomic mass is 35.5. The Kier molecular flexibility index (Phi) is 9.42. The van der Waals surface area contributed by atoms with E-state index in [4.69, 9.17) is 35.8 Å². The van der Waals surface area contributed by atoms with Crippen molar-refractivity contribution in [2.75, 3.05) is 36.9 Å². The van der Waals surface area contributed by atoms with E-state index in [1.54, 1.807) is 20.4 Å². The van der Waals surface area contributed by atoms with E-state index >= 15 is 4.39 Å². The van der Waals surface area contributed by atoms with Crippen molar-refractivity contribution in [3.05, 3.63) is 94.5 Å². The van der Waals surface area contributed by atoms with Crippen LogP contribution >= 0.6 is 11.6 Å². The molecule has 0 bridgehead atoms. The molecule has 244 valence electrons. The number of methoxy groups -OCH3 is 2. The van der Waals surface area contributed by atoms with Crippen LogP contribution in [0.2, 0.25) is 5.15 Å². The predicted octanol–water partition coefficient (Wildman–Crippen LogP) is 6.52. The number of anilines is 2. The van der Waals surface area contributed by atoms with Crippen LogP contribution in [0.1, 0.15) is 36.6 Å². The number of pyridine rings is 2. The molecule has 1 aliphatic heterocycles. The summed E-state index contributed by atoms with van der Waals surface area (Å²) in [4.78, 5) is 22.3. The van der Waals surface area contributed by atoms with Gasteiger partial charge >= 0.3 is 0 Å². The van der Waals surface area contributed by atoms with Crippen LogP contribution in [0.25, 0.3) is 10.9 Å². The van der Waals surface area contributed by atoms with Gasteiger partial charge in [0.15, 0.2) is 11.0 Å². The van der Waals surface area contributed by atoms with Crippen molar-refractivity contribution in [2.45, 2.75) is 44.2 Å². The smallest absolute Gasteiger partial charge is 0.228 e. The molecule has 10 nitrogen and oxygen atoms in total. The van der Waals surface area contributed by atoms with Gasteiger partial charge in [0.25, 0.3) is 0 Å². The first-order chi connectivity index (χ1) is 22.7. The monoisotopic (exact) mass is 676 g/mol. The van der Waals surface area contributed by atoms with Gasteiger partial charge in [0, 0.05) is 31.1 Å². The molecular weight excluding hydrogens is 643 g/mol. The maximum absolute atomic E-state index is 15.4. The normalized spacial score (nSPS) is 15.5. The Bertz CT molecular complexity index is 1880. The largest absolute Gasteiger partial charge is 0.497 e. The van der Waals surface area contributed by atoms with E-state index in [9.17, 15) is 4.21 Å². The van der Waals surface area contributed by atoms with Crippen LogP contribution in [0.3, 0.4) is 0 Å². The second-order valence-electron chi connectivity index (χ2n) is 11.2. The van der Waals surface area contributed by atoms with Gasteiger partial charge in [0.2, 0.25) is 11.0 Å². The molecule has 0 amide bonds. The van der Waals surface area contributed by atoms with Gasteiger partial charge in [0.1, 0.15) is 40.6 Å². The summed E-state index contributed by atoms with van der Waals surface area (Å²) in [6, 6.07) is 19.2. The number of nitrogens with zero attached hydrogens (tertiary/aromatic N) is 6. The van der Waals surface area contributed by atoms with E-state index in [1.807, 2.05) is 79.4 Å². The molecule has 3 aromatic heterocycles. The van der Waals surface area contributed by atoms with E-state index in [2.05, 4.69) is 14.9 Å². The van der Waals surface area contributed by atoms with Gasteiger partial charge < -0.3 is 24.0 Å². The van der Waals surface area contributed by atoms with Gasteiger partial charge in [0.05, 0.1) is 37.1 Å². The fraction of sp³-hybridized carbons (Fsp3) is 0.294. The number of halogens is 2. The number of hydrogen-bond donors (Lipinski definition) is 0. The number of benzene rings is 2. The highest BCUT2D eigenvalue weighted by molar-refractivity contribution is 7.84. The zero-order chi connectivity index (χ0) is 33.2. The van der Waals surface area contributed by atoms with Gasteiger partial charge in [-0.05, 0) is 55.3 Å². The topological polar surface area (TPSA) is 103 Å². The summed E-state index contributed by atoms with van der Waals surface area (Å²) < 4.78 is 44.9. The Balaban J connectivity index is 1.47. The molecule has 2 aromatic carbocycles. The van der Waals surface area contributed by atoms with Crippen molar-refractivity contribution in [1.29, 1.82) is 0 Å². The van der Waals surface area contributed by atoms with Crippen molar-refractivity contribution in [3.8, 4) is 17.4 Å². The van der Waals surface area contributed by atoms with E-state index in [0.29, 0.717) is 18.9 Å². The highest BCUT2D eigenvalue weighted by Crippen LogP contribution is 2.42. The first kappa shape index (κ1) is 32.4. The average Bonchev–Trinajstić information content (AvgIpc) is 3.22. The first-order valence-electron chi connectivity index (χ1n) is 15.0. The van der Waals surface area contributed by atoms with Gasteiger partial charge in [-0.1, -0.05) is 41.9 Å². The van der Waals surface area contributed by atoms with Crippen LogP contribution in [0.15, 0.2) is 72.0 Å². The molecule has 1 aliphatic rings. The second kappa shape index (κ2) is 13.7. The van der Waals surface area contributed by atoms with Gasteiger partial charge in [-0.3, -0.25) is 4.21 Å². The minimum atomic E-state index is -1.60. The van der Waals surface area contributed by atoms with Crippen molar-refractivity contribution < 1.29 is 22.8 Å². The summed E-state index contributed by atoms with van der Waals surface area (Å²) in [7, 11) is 1.68. The standard InChI is InChI=1S/C34H34ClFN6O4S/c1-20-19-46-33-27-29(28(36)30(35)39-33)38-34(47(5)43)40-32(27)42(20)21(2)26-7-6-16-37-31(26)41(17-22-8-12-24(44-3)13-9-22)18-23-10-14-25(45-4)15-11-23/h6-16,20-21H,17-19H2,1-5H3/t20-,21+,47?/m0/s1. The Hall–Kier alpha value is -4.55. The zero-order valence-electron chi connectivity index (χ0n) is 26.6. The summed E-state index contributed by atoms with van der Waals surface area (Å²) in [6.45, 7) is 5.35. The third kappa shape index (κ3) is 6.52. The van der Waals surface area contributed by atoms with Gasteiger partial charge in [-0.2, -0.15) is 4.98 Å². The first-order valence-corrected chi connectivity index (χ1v) is 16.9. The lowest BCUT2D eigenvalue weighted by Crippen LogP contribution is -2.40. The number of hydrogen-bond acceptors (Lipinski definition) is 10. The average molecular weight is 677 g/mol. The van der Waals surface area contributed by atoms with Crippen LogP contribution in [0.4, 0.5) is 16.0 Å². The van der Waals surface area contributed by atoms with Crippen LogP contribution in [0.5, 0.6) is 17.4 Å². The zero-order valence-corrected chi connectivity index (χ0v) is 28.2. The van der Waals surface area contributed by atoms with Crippen LogP contribution in [-0.2, 0) is 23.9 Å². The maximum Gasteiger partial charge on any atom is 0.228 e. The van der Waals surface area contributed by atoms with Crippen LogP contribution < -0.4 is 24.0 Å². The lowest BCUT2D eigenvalue weighted by molar-refractivity contribution is 0.281. The number of ether oxygens (including phenoxy) is 3. The molecule has 5 aromatic rings.